The first kappa shape index (κ1) is 19.6. The predicted octanol–water partition coefficient (Wildman–Crippen LogP) is 3.60. The molecule has 28 heavy (non-hydrogen) atoms. The Labute approximate surface area is 166 Å². The van der Waals surface area contributed by atoms with E-state index in [4.69, 9.17) is 4.74 Å². The molecule has 0 fully saturated rings. The molecule has 0 saturated heterocycles. The van der Waals surface area contributed by atoms with Gasteiger partial charge < -0.3 is 10.1 Å². The van der Waals surface area contributed by atoms with Crippen molar-refractivity contribution in [1.82, 2.24) is 4.98 Å². The molecular formula is C19H17N3O4S2. The SMILES string of the molecule is COc1ccccc1/C=C/C(=O)Nc1ccc(S(=O)(=O)Nc2nccs2)cc1. The molecule has 2 aromatic carbocycles. The van der Waals surface area contributed by atoms with Gasteiger partial charge >= 0.3 is 0 Å². The fourth-order valence-electron chi connectivity index (χ4n) is 2.32. The highest BCUT2D eigenvalue weighted by Crippen LogP contribution is 2.20. The molecule has 1 heterocycles. The van der Waals surface area contributed by atoms with E-state index in [1.54, 1.807) is 24.6 Å². The van der Waals surface area contributed by atoms with Crippen molar-refractivity contribution in [2.75, 3.05) is 17.1 Å². The Morgan fingerprint density at radius 1 is 1.14 bits per heavy atom. The lowest BCUT2D eigenvalue weighted by Gasteiger charge is -2.07. The first-order valence-electron chi connectivity index (χ1n) is 8.12. The molecule has 0 spiro atoms. The number of carbonyl (C=O) groups is 1. The molecule has 7 nitrogen and oxygen atoms in total. The van der Waals surface area contributed by atoms with E-state index in [0.29, 0.717) is 16.6 Å². The van der Waals surface area contributed by atoms with Crippen LogP contribution in [0.5, 0.6) is 5.75 Å². The van der Waals surface area contributed by atoms with Gasteiger partial charge in [-0.25, -0.2) is 13.4 Å². The standard InChI is InChI=1S/C19H17N3O4S2/c1-26-17-5-3-2-4-14(17)6-11-18(23)21-15-7-9-16(10-8-15)28(24,25)22-19-20-12-13-27-19/h2-13H,1H3,(H,20,22)(H,21,23)/b11-6+. The number of carbonyl (C=O) groups excluding carboxylic acids is 1. The molecule has 0 aliphatic heterocycles. The number of nitrogens with zero attached hydrogens (tertiary/aromatic N) is 1. The molecule has 0 bridgehead atoms. The van der Waals surface area contributed by atoms with E-state index in [-0.39, 0.29) is 10.8 Å². The van der Waals surface area contributed by atoms with Crippen molar-refractivity contribution < 1.29 is 17.9 Å². The number of methoxy groups -OCH3 is 1. The lowest BCUT2D eigenvalue weighted by molar-refractivity contribution is -0.111. The molecule has 0 saturated carbocycles. The lowest BCUT2D eigenvalue weighted by atomic mass is 10.2. The van der Waals surface area contributed by atoms with Gasteiger partial charge in [-0.3, -0.25) is 9.52 Å². The third kappa shape index (κ3) is 4.96. The van der Waals surface area contributed by atoms with Gasteiger partial charge in [0.2, 0.25) is 5.91 Å². The summed E-state index contributed by atoms with van der Waals surface area (Å²) in [7, 11) is -2.16. The number of aromatic nitrogens is 1. The molecule has 1 aromatic heterocycles. The zero-order chi connectivity index (χ0) is 20.0. The van der Waals surface area contributed by atoms with E-state index in [1.165, 1.54) is 47.9 Å². The van der Waals surface area contributed by atoms with Crippen LogP contribution in [-0.4, -0.2) is 26.4 Å². The number of rotatable bonds is 7. The van der Waals surface area contributed by atoms with Crippen LogP contribution >= 0.6 is 11.3 Å². The fraction of sp³-hybridized carbons (Fsp3) is 0.0526. The Morgan fingerprint density at radius 3 is 2.57 bits per heavy atom. The van der Waals surface area contributed by atoms with Crippen LogP contribution in [0.2, 0.25) is 0 Å². The van der Waals surface area contributed by atoms with Crippen LogP contribution in [0, 0.1) is 0 Å². The topological polar surface area (TPSA) is 97.4 Å². The largest absolute Gasteiger partial charge is 0.496 e. The van der Waals surface area contributed by atoms with E-state index >= 15 is 0 Å². The number of sulfonamides is 1. The molecule has 9 heteroatoms. The summed E-state index contributed by atoms with van der Waals surface area (Å²) >= 11 is 1.19. The molecular weight excluding hydrogens is 398 g/mol. The maximum atomic E-state index is 12.3. The van der Waals surface area contributed by atoms with E-state index < -0.39 is 10.0 Å². The first-order chi connectivity index (χ1) is 13.5. The van der Waals surface area contributed by atoms with Gasteiger partial charge in [-0.1, -0.05) is 18.2 Å². The smallest absolute Gasteiger partial charge is 0.263 e. The molecule has 0 aliphatic rings. The molecule has 0 unspecified atom stereocenters. The minimum Gasteiger partial charge on any atom is -0.496 e. The van der Waals surface area contributed by atoms with Crippen LogP contribution in [0.4, 0.5) is 10.8 Å². The fourth-order valence-corrected chi connectivity index (χ4v) is 4.11. The third-order valence-corrected chi connectivity index (χ3v) is 5.81. The summed E-state index contributed by atoms with van der Waals surface area (Å²) in [5.41, 5.74) is 1.25. The maximum absolute atomic E-state index is 12.3. The molecule has 0 radical (unpaired) electrons. The van der Waals surface area contributed by atoms with Crippen LogP contribution in [0.3, 0.4) is 0 Å². The third-order valence-electron chi connectivity index (χ3n) is 3.64. The summed E-state index contributed by atoms with van der Waals surface area (Å²) in [5, 5.41) is 4.65. The highest BCUT2D eigenvalue weighted by atomic mass is 32.2. The molecule has 144 valence electrons. The molecule has 3 rings (SSSR count). The van der Waals surface area contributed by atoms with Crippen molar-refractivity contribution in [2.45, 2.75) is 4.90 Å². The molecule has 1 amide bonds. The number of thiazole rings is 1. The van der Waals surface area contributed by atoms with Crippen molar-refractivity contribution in [1.29, 1.82) is 0 Å². The number of hydrogen-bond acceptors (Lipinski definition) is 6. The average molecular weight is 415 g/mol. The number of para-hydroxylation sites is 1. The Balaban J connectivity index is 1.65. The summed E-state index contributed by atoms with van der Waals surface area (Å²) < 4.78 is 32.2. The van der Waals surface area contributed by atoms with E-state index in [9.17, 15) is 13.2 Å². The van der Waals surface area contributed by atoms with Gasteiger partial charge in [0.05, 0.1) is 12.0 Å². The molecule has 2 N–H and O–H groups in total. The van der Waals surface area contributed by atoms with Crippen molar-refractivity contribution >= 4 is 44.2 Å². The summed E-state index contributed by atoms with van der Waals surface area (Å²) in [6, 6.07) is 13.2. The Kier molecular flexibility index (Phi) is 6.07. The van der Waals surface area contributed by atoms with E-state index in [1.807, 2.05) is 18.2 Å². The second-order valence-electron chi connectivity index (χ2n) is 5.53. The predicted molar refractivity (Wildman–Crippen MR) is 110 cm³/mol. The number of hydrogen-bond donors (Lipinski definition) is 2. The maximum Gasteiger partial charge on any atom is 0.263 e. The summed E-state index contributed by atoms with van der Waals surface area (Å²) in [5.74, 6) is 0.316. The molecule has 0 aliphatic carbocycles. The summed E-state index contributed by atoms with van der Waals surface area (Å²) in [6.07, 6.45) is 4.54. The zero-order valence-corrected chi connectivity index (χ0v) is 16.5. The van der Waals surface area contributed by atoms with E-state index in [0.717, 1.165) is 5.56 Å². The van der Waals surface area contributed by atoms with Gasteiger partial charge in [-0.15, -0.1) is 11.3 Å². The number of benzene rings is 2. The number of ether oxygens (including phenoxy) is 1. The van der Waals surface area contributed by atoms with Gasteiger partial charge in [-0.05, 0) is 36.4 Å². The second-order valence-corrected chi connectivity index (χ2v) is 8.11. The van der Waals surface area contributed by atoms with Gasteiger partial charge in [0.1, 0.15) is 5.75 Å². The van der Waals surface area contributed by atoms with Crippen molar-refractivity contribution in [3.05, 3.63) is 71.7 Å². The quantitative estimate of drug-likeness (QED) is 0.575. The van der Waals surface area contributed by atoms with Crippen molar-refractivity contribution in [2.24, 2.45) is 0 Å². The normalized spacial score (nSPS) is 11.3. The van der Waals surface area contributed by atoms with Gasteiger partial charge in [-0.2, -0.15) is 0 Å². The van der Waals surface area contributed by atoms with Crippen LogP contribution in [-0.2, 0) is 14.8 Å². The van der Waals surface area contributed by atoms with Gasteiger partial charge in [0.25, 0.3) is 10.0 Å². The van der Waals surface area contributed by atoms with Crippen molar-refractivity contribution in [3.8, 4) is 5.75 Å². The lowest BCUT2D eigenvalue weighted by Crippen LogP contribution is -2.13. The van der Waals surface area contributed by atoms with Crippen LogP contribution in [0.25, 0.3) is 6.08 Å². The first-order valence-corrected chi connectivity index (χ1v) is 10.5. The summed E-state index contributed by atoms with van der Waals surface area (Å²) in [6.45, 7) is 0. The van der Waals surface area contributed by atoms with Crippen LogP contribution in [0.15, 0.2) is 71.1 Å². The van der Waals surface area contributed by atoms with Crippen LogP contribution < -0.4 is 14.8 Å². The summed E-state index contributed by atoms with van der Waals surface area (Å²) in [4.78, 5) is 16.1. The van der Waals surface area contributed by atoms with E-state index in [2.05, 4.69) is 15.0 Å². The number of anilines is 2. The Morgan fingerprint density at radius 2 is 1.89 bits per heavy atom. The van der Waals surface area contributed by atoms with Crippen molar-refractivity contribution in [3.63, 3.8) is 0 Å². The minimum atomic E-state index is -3.73. The van der Waals surface area contributed by atoms with Crippen LogP contribution in [0.1, 0.15) is 5.56 Å². The minimum absolute atomic E-state index is 0.0743. The molecule has 3 aromatic rings. The Hall–Kier alpha value is -3.17. The second kappa shape index (κ2) is 8.68. The average Bonchev–Trinajstić information content (AvgIpc) is 3.19. The number of amides is 1. The monoisotopic (exact) mass is 415 g/mol. The highest BCUT2D eigenvalue weighted by molar-refractivity contribution is 7.93. The van der Waals surface area contributed by atoms with Gasteiger partial charge in [0.15, 0.2) is 5.13 Å². The van der Waals surface area contributed by atoms with Gasteiger partial charge in [0, 0.05) is 28.9 Å². The zero-order valence-electron chi connectivity index (χ0n) is 14.8. The number of nitrogens with one attached hydrogen (secondary N) is 2. The Bertz CT molecular complexity index is 1080. The molecule has 0 atom stereocenters. The highest BCUT2D eigenvalue weighted by Gasteiger charge is 2.15.